The van der Waals surface area contributed by atoms with Crippen molar-refractivity contribution in [1.29, 1.82) is 0 Å². The molecule has 2 N–H and O–H groups in total. The van der Waals surface area contributed by atoms with Crippen molar-refractivity contribution < 1.29 is 9.13 Å². The van der Waals surface area contributed by atoms with Gasteiger partial charge in [-0.05, 0) is 43.7 Å². The van der Waals surface area contributed by atoms with Gasteiger partial charge in [0.25, 0.3) is 0 Å². The van der Waals surface area contributed by atoms with Crippen LogP contribution in [0.5, 0.6) is 0 Å². The Morgan fingerprint density at radius 1 is 1.38 bits per heavy atom. The molecule has 0 radical (unpaired) electrons. The van der Waals surface area contributed by atoms with Crippen molar-refractivity contribution in [3.05, 3.63) is 29.6 Å². The first-order chi connectivity index (χ1) is 10.2. The third kappa shape index (κ3) is 4.17. The standard InChI is InChI=1S/C17H27FN2O/c1-3-14(19)11-15-16(18)5-4-6-17(15)20-9-7-13(8-10-20)12-21-2/h4-6,13-14H,3,7-12,19H2,1-2H3. The van der Waals surface area contributed by atoms with Gasteiger partial charge < -0.3 is 15.4 Å². The van der Waals surface area contributed by atoms with Crippen LogP contribution in [0.4, 0.5) is 10.1 Å². The van der Waals surface area contributed by atoms with E-state index >= 15 is 0 Å². The first-order valence-electron chi connectivity index (χ1n) is 7.92. The minimum absolute atomic E-state index is 0.0201. The van der Waals surface area contributed by atoms with Crippen LogP contribution < -0.4 is 10.6 Å². The van der Waals surface area contributed by atoms with Crippen molar-refractivity contribution >= 4 is 5.69 Å². The quantitative estimate of drug-likeness (QED) is 0.876. The highest BCUT2D eigenvalue weighted by molar-refractivity contribution is 5.55. The number of halogens is 1. The van der Waals surface area contributed by atoms with Crippen molar-refractivity contribution in [3.63, 3.8) is 0 Å². The van der Waals surface area contributed by atoms with E-state index in [9.17, 15) is 4.39 Å². The molecule has 1 aromatic rings. The van der Waals surface area contributed by atoms with Gasteiger partial charge in [-0.15, -0.1) is 0 Å². The normalized spacial score (nSPS) is 18.0. The fraction of sp³-hybridized carbons (Fsp3) is 0.647. The van der Waals surface area contributed by atoms with Crippen LogP contribution in [0.25, 0.3) is 0 Å². The lowest BCUT2D eigenvalue weighted by atomic mass is 9.95. The predicted molar refractivity (Wildman–Crippen MR) is 85.2 cm³/mol. The zero-order chi connectivity index (χ0) is 15.2. The highest BCUT2D eigenvalue weighted by Crippen LogP contribution is 2.29. The summed E-state index contributed by atoms with van der Waals surface area (Å²) in [5, 5.41) is 0. The molecule has 1 heterocycles. The molecular weight excluding hydrogens is 267 g/mol. The maximum Gasteiger partial charge on any atom is 0.128 e. The van der Waals surface area contributed by atoms with Crippen LogP contribution in [0.3, 0.4) is 0 Å². The zero-order valence-electron chi connectivity index (χ0n) is 13.1. The number of hydrogen-bond acceptors (Lipinski definition) is 3. The van der Waals surface area contributed by atoms with Crippen LogP contribution >= 0.6 is 0 Å². The van der Waals surface area contributed by atoms with E-state index < -0.39 is 0 Å². The summed E-state index contributed by atoms with van der Waals surface area (Å²) in [6.07, 6.45) is 3.67. The predicted octanol–water partition coefficient (Wildman–Crippen LogP) is 2.97. The number of rotatable bonds is 6. The van der Waals surface area contributed by atoms with Gasteiger partial charge in [-0.1, -0.05) is 13.0 Å². The van der Waals surface area contributed by atoms with Gasteiger partial charge in [-0.25, -0.2) is 4.39 Å². The number of nitrogens with zero attached hydrogens (tertiary/aromatic N) is 1. The minimum Gasteiger partial charge on any atom is -0.384 e. The van der Waals surface area contributed by atoms with Gasteiger partial charge in [-0.3, -0.25) is 0 Å². The third-order valence-corrected chi connectivity index (χ3v) is 4.44. The smallest absolute Gasteiger partial charge is 0.128 e. The molecule has 1 saturated heterocycles. The molecule has 0 spiro atoms. The largest absolute Gasteiger partial charge is 0.384 e. The average Bonchev–Trinajstić information content (AvgIpc) is 2.50. The molecule has 1 atom stereocenters. The number of piperidine rings is 1. The van der Waals surface area contributed by atoms with E-state index in [-0.39, 0.29) is 11.9 Å². The molecule has 0 amide bonds. The Labute approximate surface area is 127 Å². The second-order valence-corrected chi connectivity index (χ2v) is 6.00. The van der Waals surface area contributed by atoms with Gasteiger partial charge in [0, 0.05) is 44.1 Å². The van der Waals surface area contributed by atoms with Gasteiger partial charge >= 0.3 is 0 Å². The Bertz CT molecular complexity index is 444. The monoisotopic (exact) mass is 294 g/mol. The number of ether oxygens (including phenoxy) is 1. The second-order valence-electron chi connectivity index (χ2n) is 6.00. The number of anilines is 1. The molecule has 118 valence electrons. The molecule has 0 aliphatic carbocycles. The van der Waals surface area contributed by atoms with E-state index in [0.717, 1.165) is 50.2 Å². The second kappa shape index (κ2) is 7.76. The lowest BCUT2D eigenvalue weighted by molar-refractivity contribution is 0.139. The summed E-state index contributed by atoms with van der Waals surface area (Å²) in [6.45, 7) is 4.80. The topological polar surface area (TPSA) is 38.5 Å². The Kier molecular flexibility index (Phi) is 6.00. The van der Waals surface area contributed by atoms with Gasteiger partial charge in [0.15, 0.2) is 0 Å². The number of benzene rings is 1. The lowest BCUT2D eigenvalue weighted by Crippen LogP contribution is -2.36. The molecule has 4 heteroatoms. The molecule has 1 fully saturated rings. The maximum atomic E-state index is 14.2. The summed E-state index contributed by atoms with van der Waals surface area (Å²) in [4.78, 5) is 2.30. The molecule has 2 rings (SSSR count). The van der Waals surface area contributed by atoms with Crippen molar-refractivity contribution in [3.8, 4) is 0 Å². The van der Waals surface area contributed by atoms with Crippen LogP contribution in [0, 0.1) is 11.7 Å². The number of methoxy groups -OCH3 is 1. The highest BCUT2D eigenvalue weighted by atomic mass is 19.1. The molecular formula is C17H27FN2O. The summed E-state index contributed by atoms with van der Waals surface area (Å²) in [5.41, 5.74) is 7.83. The van der Waals surface area contributed by atoms with E-state index in [0.29, 0.717) is 12.3 Å². The van der Waals surface area contributed by atoms with Gasteiger partial charge in [0.05, 0.1) is 0 Å². The fourth-order valence-electron chi connectivity index (χ4n) is 3.03. The van der Waals surface area contributed by atoms with E-state index in [1.807, 2.05) is 13.0 Å². The molecule has 21 heavy (non-hydrogen) atoms. The Hall–Kier alpha value is -1.13. The molecule has 0 aromatic heterocycles. The SMILES string of the molecule is CCC(N)Cc1c(F)cccc1N1CCC(COC)CC1. The van der Waals surface area contributed by atoms with E-state index in [4.69, 9.17) is 10.5 Å². The zero-order valence-corrected chi connectivity index (χ0v) is 13.1. The Balaban J connectivity index is 2.11. The average molecular weight is 294 g/mol. The van der Waals surface area contributed by atoms with Crippen LogP contribution in [-0.4, -0.2) is 32.8 Å². The fourth-order valence-corrected chi connectivity index (χ4v) is 3.03. The first-order valence-corrected chi connectivity index (χ1v) is 7.92. The Morgan fingerprint density at radius 3 is 2.71 bits per heavy atom. The van der Waals surface area contributed by atoms with Crippen molar-refractivity contribution in [1.82, 2.24) is 0 Å². The molecule has 3 nitrogen and oxygen atoms in total. The van der Waals surface area contributed by atoms with E-state index in [2.05, 4.69) is 4.90 Å². The summed E-state index contributed by atoms with van der Waals surface area (Å²) in [7, 11) is 1.75. The number of hydrogen-bond donors (Lipinski definition) is 1. The first kappa shape index (κ1) is 16.2. The van der Waals surface area contributed by atoms with Crippen LogP contribution in [0.2, 0.25) is 0 Å². The third-order valence-electron chi connectivity index (χ3n) is 4.44. The molecule has 0 saturated carbocycles. The van der Waals surface area contributed by atoms with Crippen molar-refractivity contribution in [2.24, 2.45) is 11.7 Å². The summed E-state index contributed by atoms with van der Waals surface area (Å²) >= 11 is 0. The minimum atomic E-state index is -0.129. The van der Waals surface area contributed by atoms with Crippen LogP contribution in [0.15, 0.2) is 18.2 Å². The molecule has 1 aliphatic rings. The van der Waals surface area contributed by atoms with Crippen LogP contribution in [0.1, 0.15) is 31.7 Å². The maximum absolute atomic E-state index is 14.2. The highest BCUT2D eigenvalue weighted by Gasteiger charge is 2.22. The number of nitrogens with two attached hydrogens (primary N) is 1. The molecule has 1 aliphatic heterocycles. The summed E-state index contributed by atoms with van der Waals surface area (Å²) < 4.78 is 19.4. The summed E-state index contributed by atoms with van der Waals surface area (Å²) in [6, 6.07) is 5.38. The van der Waals surface area contributed by atoms with Crippen LogP contribution in [-0.2, 0) is 11.2 Å². The Morgan fingerprint density at radius 2 is 2.10 bits per heavy atom. The lowest BCUT2D eigenvalue weighted by Gasteiger charge is -2.35. The molecule has 1 unspecified atom stereocenters. The van der Waals surface area contributed by atoms with E-state index in [1.54, 1.807) is 19.2 Å². The van der Waals surface area contributed by atoms with Gasteiger partial charge in [-0.2, -0.15) is 0 Å². The molecule has 1 aromatic carbocycles. The van der Waals surface area contributed by atoms with E-state index in [1.165, 1.54) is 0 Å². The molecule has 0 bridgehead atoms. The van der Waals surface area contributed by atoms with Crippen molar-refractivity contribution in [2.45, 2.75) is 38.6 Å². The summed E-state index contributed by atoms with van der Waals surface area (Å²) in [5.74, 6) is 0.497. The van der Waals surface area contributed by atoms with Crippen molar-refractivity contribution in [2.75, 3.05) is 31.7 Å². The van der Waals surface area contributed by atoms with Gasteiger partial charge in [0.2, 0.25) is 0 Å². The van der Waals surface area contributed by atoms with Gasteiger partial charge in [0.1, 0.15) is 5.82 Å².